The first kappa shape index (κ1) is 16.0. The Labute approximate surface area is 146 Å². The molecule has 0 saturated carbocycles. The van der Waals surface area contributed by atoms with Gasteiger partial charge in [-0.25, -0.2) is 0 Å². The molecule has 0 atom stereocenters. The zero-order valence-electron chi connectivity index (χ0n) is 14.0. The van der Waals surface area contributed by atoms with Crippen molar-refractivity contribution in [1.29, 1.82) is 0 Å². The van der Waals surface area contributed by atoms with Crippen LogP contribution in [0.2, 0.25) is 0 Å². The highest BCUT2D eigenvalue weighted by Gasteiger charge is 2.18. The summed E-state index contributed by atoms with van der Waals surface area (Å²) in [4.78, 5) is 12.2. The van der Waals surface area contributed by atoms with Gasteiger partial charge in [-0.05, 0) is 61.4 Å². The fourth-order valence-corrected chi connectivity index (χ4v) is 3.33. The number of amides is 1. The van der Waals surface area contributed by atoms with Crippen LogP contribution in [0.5, 0.6) is 11.6 Å². The molecule has 1 fully saturated rings. The fourth-order valence-electron chi connectivity index (χ4n) is 3.33. The normalized spacial score (nSPS) is 17.1. The van der Waals surface area contributed by atoms with Crippen LogP contribution in [0.15, 0.2) is 30.3 Å². The average molecular weight is 339 g/mol. The van der Waals surface area contributed by atoms with Crippen LogP contribution in [0.25, 0.3) is 0 Å². The molecule has 1 amide bonds. The molecule has 4 rings (SSSR count). The third kappa shape index (κ3) is 3.79. The molecule has 0 spiro atoms. The summed E-state index contributed by atoms with van der Waals surface area (Å²) >= 11 is 0. The molecule has 1 aromatic carbocycles. The highest BCUT2D eigenvalue weighted by molar-refractivity contribution is 5.92. The van der Waals surface area contributed by atoms with Crippen LogP contribution in [0, 0.1) is 0 Å². The van der Waals surface area contributed by atoms with Gasteiger partial charge in [0.15, 0.2) is 5.69 Å². The van der Waals surface area contributed by atoms with Gasteiger partial charge in [-0.15, -0.1) is 10.2 Å². The Morgan fingerprint density at radius 2 is 1.92 bits per heavy atom. The number of fused-ring (bicyclic) bond motifs is 1. The number of carbonyl (C=O) groups excluding carboxylic acids is 1. The minimum absolute atomic E-state index is 0.144. The monoisotopic (exact) mass is 339 g/mol. The first-order valence-corrected chi connectivity index (χ1v) is 8.80. The highest BCUT2D eigenvalue weighted by atomic mass is 16.5. The molecule has 25 heavy (non-hydrogen) atoms. The molecule has 0 bridgehead atoms. The van der Waals surface area contributed by atoms with Crippen molar-refractivity contribution in [1.82, 2.24) is 15.5 Å². The van der Waals surface area contributed by atoms with Crippen LogP contribution in [0.3, 0.4) is 0 Å². The molecule has 0 unspecified atom stereocenters. The summed E-state index contributed by atoms with van der Waals surface area (Å²) in [6.07, 6.45) is 5.11. The molecule has 1 saturated heterocycles. The maximum absolute atomic E-state index is 12.2. The third-order valence-electron chi connectivity index (χ3n) is 4.72. The lowest BCUT2D eigenvalue weighted by molar-refractivity contribution is 0.0693. The van der Waals surface area contributed by atoms with Crippen molar-refractivity contribution in [2.75, 3.05) is 13.2 Å². The molecule has 1 aliphatic carbocycles. The number of nitrogens with zero attached hydrogens (tertiary/aromatic N) is 2. The number of aryl methyl sites for hydroxylation is 2. The van der Waals surface area contributed by atoms with E-state index >= 15 is 0 Å². The Bertz CT molecular complexity index is 755. The summed E-state index contributed by atoms with van der Waals surface area (Å²) in [5.74, 6) is 0.943. The molecule has 2 heterocycles. The van der Waals surface area contributed by atoms with Gasteiger partial charge in [-0.2, -0.15) is 0 Å². The zero-order valence-corrected chi connectivity index (χ0v) is 14.0. The average Bonchev–Trinajstić information content (AvgIpc) is 3.11. The SMILES string of the molecule is O=C(NC1CCOCC1)c1ccc(Oc2ccc3c(c2)CCC3)nn1. The van der Waals surface area contributed by atoms with E-state index in [2.05, 4.69) is 27.6 Å². The molecular formula is C19H21N3O3. The van der Waals surface area contributed by atoms with E-state index in [4.69, 9.17) is 9.47 Å². The van der Waals surface area contributed by atoms with Crippen LogP contribution < -0.4 is 10.1 Å². The highest BCUT2D eigenvalue weighted by Crippen LogP contribution is 2.28. The van der Waals surface area contributed by atoms with Gasteiger partial charge < -0.3 is 14.8 Å². The van der Waals surface area contributed by atoms with Crippen LogP contribution in [0.4, 0.5) is 0 Å². The Hall–Kier alpha value is -2.47. The molecule has 0 radical (unpaired) electrons. The quantitative estimate of drug-likeness (QED) is 0.927. The van der Waals surface area contributed by atoms with Gasteiger partial charge in [0.1, 0.15) is 5.75 Å². The second-order valence-electron chi connectivity index (χ2n) is 6.50. The van der Waals surface area contributed by atoms with E-state index in [1.54, 1.807) is 12.1 Å². The largest absolute Gasteiger partial charge is 0.438 e. The van der Waals surface area contributed by atoms with Crippen LogP contribution >= 0.6 is 0 Å². The van der Waals surface area contributed by atoms with E-state index in [-0.39, 0.29) is 11.9 Å². The number of benzene rings is 1. The number of aromatic nitrogens is 2. The van der Waals surface area contributed by atoms with Crippen molar-refractivity contribution in [3.05, 3.63) is 47.2 Å². The minimum atomic E-state index is -0.205. The van der Waals surface area contributed by atoms with Crippen molar-refractivity contribution in [2.45, 2.75) is 38.1 Å². The molecule has 1 aromatic heterocycles. The van der Waals surface area contributed by atoms with E-state index in [1.165, 1.54) is 17.5 Å². The Balaban J connectivity index is 1.38. The van der Waals surface area contributed by atoms with E-state index < -0.39 is 0 Å². The Morgan fingerprint density at radius 1 is 1.08 bits per heavy atom. The molecule has 6 nitrogen and oxygen atoms in total. The first-order valence-electron chi connectivity index (χ1n) is 8.80. The van der Waals surface area contributed by atoms with Gasteiger partial charge in [0.2, 0.25) is 5.88 Å². The maximum Gasteiger partial charge on any atom is 0.272 e. The predicted molar refractivity (Wildman–Crippen MR) is 91.9 cm³/mol. The predicted octanol–water partition coefficient (Wildman–Crippen LogP) is 2.67. The van der Waals surface area contributed by atoms with E-state index in [1.807, 2.05) is 6.07 Å². The maximum atomic E-state index is 12.2. The van der Waals surface area contributed by atoms with Crippen molar-refractivity contribution in [2.24, 2.45) is 0 Å². The van der Waals surface area contributed by atoms with Crippen molar-refractivity contribution in [3.8, 4) is 11.6 Å². The summed E-state index contributed by atoms with van der Waals surface area (Å²) in [5, 5.41) is 11.0. The van der Waals surface area contributed by atoms with Crippen molar-refractivity contribution < 1.29 is 14.3 Å². The van der Waals surface area contributed by atoms with Gasteiger partial charge in [0.25, 0.3) is 5.91 Å². The van der Waals surface area contributed by atoms with Gasteiger partial charge in [-0.3, -0.25) is 4.79 Å². The zero-order chi connectivity index (χ0) is 17.1. The summed E-state index contributed by atoms with van der Waals surface area (Å²) in [7, 11) is 0. The minimum Gasteiger partial charge on any atom is -0.438 e. The third-order valence-corrected chi connectivity index (χ3v) is 4.72. The number of hydrogen-bond donors (Lipinski definition) is 1. The van der Waals surface area contributed by atoms with Gasteiger partial charge in [0, 0.05) is 25.3 Å². The van der Waals surface area contributed by atoms with E-state index in [0.717, 1.165) is 31.4 Å². The Morgan fingerprint density at radius 3 is 2.72 bits per heavy atom. The van der Waals surface area contributed by atoms with Gasteiger partial charge in [-0.1, -0.05) is 6.07 Å². The first-order chi connectivity index (χ1) is 12.3. The lowest BCUT2D eigenvalue weighted by Gasteiger charge is -2.22. The number of nitrogens with one attached hydrogen (secondary N) is 1. The Kier molecular flexibility index (Phi) is 4.61. The van der Waals surface area contributed by atoms with E-state index in [9.17, 15) is 4.79 Å². The summed E-state index contributed by atoms with van der Waals surface area (Å²) in [6, 6.07) is 9.60. The smallest absolute Gasteiger partial charge is 0.272 e. The molecule has 6 heteroatoms. The molecule has 1 aliphatic heterocycles. The second kappa shape index (κ2) is 7.19. The van der Waals surface area contributed by atoms with Crippen LogP contribution in [-0.2, 0) is 17.6 Å². The summed E-state index contributed by atoms with van der Waals surface area (Å²) in [5.41, 5.74) is 3.05. The van der Waals surface area contributed by atoms with Gasteiger partial charge >= 0.3 is 0 Å². The molecular weight excluding hydrogens is 318 g/mol. The van der Waals surface area contributed by atoms with Crippen LogP contribution in [0.1, 0.15) is 40.9 Å². The summed E-state index contributed by atoms with van der Waals surface area (Å²) in [6.45, 7) is 1.37. The fraction of sp³-hybridized carbons (Fsp3) is 0.421. The summed E-state index contributed by atoms with van der Waals surface area (Å²) < 4.78 is 11.1. The number of rotatable bonds is 4. The standard InChI is InChI=1S/C19H21N3O3/c23-19(20-15-8-10-24-11-9-15)17-6-7-18(22-21-17)25-16-5-4-13-2-1-3-14(13)12-16/h4-7,12,15H,1-3,8-11H2,(H,20,23). The van der Waals surface area contributed by atoms with Crippen molar-refractivity contribution >= 4 is 5.91 Å². The van der Waals surface area contributed by atoms with Gasteiger partial charge in [0.05, 0.1) is 0 Å². The van der Waals surface area contributed by atoms with Crippen LogP contribution in [-0.4, -0.2) is 35.4 Å². The molecule has 130 valence electrons. The lowest BCUT2D eigenvalue weighted by Crippen LogP contribution is -2.39. The lowest BCUT2D eigenvalue weighted by atomic mass is 10.1. The topological polar surface area (TPSA) is 73.3 Å². The second-order valence-corrected chi connectivity index (χ2v) is 6.50. The number of ether oxygens (including phenoxy) is 2. The molecule has 2 aliphatic rings. The molecule has 2 aromatic rings. The van der Waals surface area contributed by atoms with E-state index in [0.29, 0.717) is 24.8 Å². The van der Waals surface area contributed by atoms with Crippen molar-refractivity contribution in [3.63, 3.8) is 0 Å². The number of hydrogen-bond acceptors (Lipinski definition) is 5. The number of carbonyl (C=O) groups is 1. The molecule has 1 N–H and O–H groups in total.